The van der Waals surface area contributed by atoms with E-state index < -0.39 is 5.60 Å². The van der Waals surface area contributed by atoms with Crippen LogP contribution in [-0.4, -0.2) is 44.9 Å². The van der Waals surface area contributed by atoms with Gasteiger partial charge < -0.3 is 10.0 Å². The van der Waals surface area contributed by atoms with E-state index in [4.69, 9.17) is 11.6 Å². The lowest BCUT2D eigenvalue weighted by Gasteiger charge is -2.25. The summed E-state index contributed by atoms with van der Waals surface area (Å²) in [6.07, 6.45) is 0. The Hall–Kier alpha value is -1.85. The molecule has 1 aromatic carbocycles. The Bertz CT molecular complexity index is 730. The average Bonchev–Trinajstić information content (AvgIpc) is 2.73. The van der Waals surface area contributed by atoms with Crippen molar-refractivity contribution in [3.05, 3.63) is 51.8 Å². The third-order valence-electron chi connectivity index (χ3n) is 3.81. The maximum atomic E-state index is 12.7. The van der Waals surface area contributed by atoms with Crippen LogP contribution < -0.4 is 0 Å². The minimum atomic E-state index is -0.939. The van der Waals surface area contributed by atoms with E-state index >= 15 is 0 Å². The number of nitrogens with zero attached hydrogens (tertiary/aromatic N) is 3. The van der Waals surface area contributed by atoms with Gasteiger partial charge in [-0.25, -0.2) is 0 Å². The average molecular weight is 350 g/mol. The smallest absolute Gasteiger partial charge is 0.257 e. The van der Waals surface area contributed by atoms with Crippen molar-refractivity contribution >= 4 is 17.5 Å². The maximum Gasteiger partial charge on any atom is 0.257 e. The van der Waals surface area contributed by atoms with Crippen molar-refractivity contribution in [3.63, 3.8) is 0 Å². The molecule has 1 heterocycles. The van der Waals surface area contributed by atoms with Crippen molar-refractivity contribution < 1.29 is 9.90 Å². The van der Waals surface area contributed by atoms with Crippen molar-refractivity contribution in [2.24, 2.45) is 0 Å². The van der Waals surface area contributed by atoms with Gasteiger partial charge in [0.15, 0.2) is 0 Å². The number of halogens is 1. The van der Waals surface area contributed by atoms with Gasteiger partial charge in [0.1, 0.15) is 0 Å². The molecule has 24 heavy (non-hydrogen) atoms. The quantitative estimate of drug-likeness (QED) is 0.902. The van der Waals surface area contributed by atoms with Gasteiger partial charge in [0, 0.05) is 24.3 Å². The highest BCUT2D eigenvalue weighted by atomic mass is 35.5. The number of hydrogen-bond donors (Lipinski definition) is 1. The van der Waals surface area contributed by atoms with Gasteiger partial charge in [-0.3, -0.25) is 9.48 Å². The van der Waals surface area contributed by atoms with Gasteiger partial charge in [-0.2, -0.15) is 5.10 Å². The van der Waals surface area contributed by atoms with E-state index in [2.05, 4.69) is 5.10 Å². The molecule has 0 aliphatic rings. The highest BCUT2D eigenvalue weighted by molar-refractivity contribution is 6.30. The van der Waals surface area contributed by atoms with Gasteiger partial charge >= 0.3 is 0 Å². The van der Waals surface area contributed by atoms with Gasteiger partial charge in [-0.15, -0.1) is 0 Å². The summed E-state index contributed by atoms with van der Waals surface area (Å²) < 4.78 is 1.82. The molecule has 0 unspecified atom stereocenters. The van der Waals surface area contributed by atoms with E-state index in [0.717, 1.165) is 11.3 Å². The molecule has 1 aromatic heterocycles. The fraction of sp³-hybridized carbons (Fsp3) is 0.444. The Morgan fingerprint density at radius 2 is 1.88 bits per heavy atom. The summed E-state index contributed by atoms with van der Waals surface area (Å²) in [5.74, 6) is -0.130. The summed E-state index contributed by atoms with van der Waals surface area (Å²) >= 11 is 5.91. The molecule has 0 spiro atoms. The zero-order valence-corrected chi connectivity index (χ0v) is 15.6. The van der Waals surface area contributed by atoms with Crippen molar-refractivity contribution in [1.82, 2.24) is 14.7 Å². The number of carbonyl (C=O) groups is 1. The molecule has 0 saturated heterocycles. The van der Waals surface area contributed by atoms with Crippen LogP contribution in [0.5, 0.6) is 0 Å². The Kier molecular flexibility index (Phi) is 5.35. The van der Waals surface area contributed by atoms with E-state index in [0.29, 0.717) is 22.8 Å². The topological polar surface area (TPSA) is 58.4 Å². The number of hydrogen-bond acceptors (Lipinski definition) is 3. The first kappa shape index (κ1) is 18.5. The third-order valence-corrected chi connectivity index (χ3v) is 4.06. The molecule has 0 fully saturated rings. The summed E-state index contributed by atoms with van der Waals surface area (Å²) in [4.78, 5) is 14.2. The Balaban J connectivity index is 2.25. The molecule has 130 valence electrons. The zero-order chi connectivity index (χ0) is 18.1. The lowest BCUT2D eigenvalue weighted by atomic mass is 10.1. The molecule has 2 aromatic rings. The molecule has 0 aliphatic heterocycles. The minimum absolute atomic E-state index is 0.130. The lowest BCUT2D eigenvalue weighted by Crippen LogP contribution is -2.40. The molecule has 0 bridgehead atoms. The van der Waals surface area contributed by atoms with E-state index in [-0.39, 0.29) is 12.5 Å². The first-order valence-electron chi connectivity index (χ1n) is 7.85. The molecule has 6 heteroatoms. The van der Waals surface area contributed by atoms with Crippen LogP contribution in [-0.2, 0) is 6.54 Å². The van der Waals surface area contributed by atoms with E-state index in [1.165, 1.54) is 4.90 Å². The molecule has 0 atom stereocenters. The second-order valence-corrected chi connectivity index (χ2v) is 7.24. The standard InChI is InChI=1S/C18H24ClN3O2/c1-12-16(17(23)21(5)11-18(3,4)24)13(2)22(20-12)10-14-6-8-15(19)9-7-14/h6-9,24H,10-11H2,1-5H3. The Labute approximate surface area is 147 Å². The van der Waals surface area contributed by atoms with Gasteiger partial charge in [-0.05, 0) is 45.4 Å². The van der Waals surface area contributed by atoms with Crippen molar-refractivity contribution in [1.29, 1.82) is 0 Å². The second-order valence-electron chi connectivity index (χ2n) is 6.80. The van der Waals surface area contributed by atoms with Crippen LogP contribution in [0.3, 0.4) is 0 Å². The molecule has 0 aliphatic carbocycles. The number of aromatic nitrogens is 2. The summed E-state index contributed by atoms with van der Waals surface area (Å²) in [5.41, 5.74) is 2.22. The van der Waals surface area contributed by atoms with E-state index in [9.17, 15) is 9.90 Å². The summed E-state index contributed by atoms with van der Waals surface area (Å²) in [6, 6.07) is 7.57. The van der Waals surface area contributed by atoms with Crippen LogP contribution in [0.15, 0.2) is 24.3 Å². The lowest BCUT2D eigenvalue weighted by molar-refractivity contribution is 0.0367. The number of aliphatic hydroxyl groups is 1. The first-order valence-corrected chi connectivity index (χ1v) is 8.22. The largest absolute Gasteiger partial charge is 0.389 e. The highest BCUT2D eigenvalue weighted by Gasteiger charge is 2.25. The van der Waals surface area contributed by atoms with Crippen molar-refractivity contribution in [2.45, 2.75) is 39.8 Å². The number of carbonyl (C=O) groups excluding carboxylic acids is 1. The fourth-order valence-corrected chi connectivity index (χ4v) is 2.89. The number of rotatable bonds is 5. The Morgan fingerprint density at radius 1 is 1.29 bits per heavy atom. The maximum absolute atomic E-state index is 12.7. The van der Waals surface area contributed by atoms with Gasteiger partial charge in [0.25, 0.3) is 5.91 Å². The second kappa shape index (κ2) is 6.95. The molecule has 2 rings (SSSR count). The van der Waals surface area contributed by atoms with Crippen molar-refractivity contribution in [2.75, 3.05) is 13.6 Å². The van der Waals surface area contributed by atoms with Gasteiger partial charge in [0.05, 0.1) is 23.4 Å². The van der Waals surface area contributed by atoms with Crippen LogP contribution >= 0.6 is 11.6 Å². The number of amides is 1. The molecule has 0 saturated carbocycles. The van der Waals surface area contributed by atoms with Crippen LogP contribution in [0.4, 0.5) is 0 Å². The normalized spacial score (nSPS) is 11.6. The monoisotopic (exact) mass is 349 g/mol. The summed E-state index contributed by atoms with van der Waals surface area (Å²) in [6.45, 7) is 7.91. The van der Waals surface area contributed by atoms with Crippen LogP contribution in [0.25, 0.3) is 0 Å². The van der Waals surface area contributed by atoms with Crippen molar-refractivity contribution in [3.8, 4) is 0 Å². The number of aryl methyl sites for hydroxylation is 1. The summed E-state index contributed by atoms with van der Waals surface area (Å²) in [5, 5.41) is 15.1. The minimum Gasteiger partial charge on any atom is -0.389 e. The zero-order valence-electron chi connectivity index (χ0n) is 14.8. The molecular formula is C18H24ClN3O2. The molecule has 0 radical (unpaired) electrons. The Morgan fingerprint density at radius 3 is 2.42 bits per heavy atom. The predicted octanol–water partition coefficient (Wildman–Crippen LogP) is 3.04. The van der Waals surface area contributed by atoms with E-state index in [1.807, 2.05) is 42.8 Å². The number of likely N-dealkylation sites (N-methyl/N-ethyl adjacent to an activating group) is 1. The van der Waals surface area contributed by atoms with Crippen LogP contribution in [0, 0.1) is 13.8 Å². The van der Waals surface area contributed by atoms with Gasteiger partial charge in [-0.1, -0.05) is 23.7 Å². The van der Waals surface area contributed by atoms with Crippen LogP contribution in [0.2, 0.25) is 5.02 Å². The molecule has 1 amide bonds. The third kappa shape index (κ3) is 4.36. The highest BCUT2D eigenvalue weighted by Crippen LogP contribution is 2.18. The summed E-state index contributed by atoms with van der Waals surface area (Å²) in [7, 11) is 1.69. The molecule has 5 nitrogen and oxygen atoms in total. The van der Waals surface area contributed by atoms with E-state index in [1.54, 1.807) is 20.9 Å². The number of benzene rings is 1. The first-order chi connectivity index (χ1) is 11.1. The SMILES string of the molecule is Cc1nn(Cc2ccc(Cl)cc2)c(C)c1C(=O)N(C)CC(C)(C)O. The molecule has 1 N–H and O–H groups in total. The predicted molar refractivity (Wildman–Crippen MR) is 95.5 cm³/mol. The van der Waals surface area contributed by atoms with Gasteiger partial charge in [0.2, 0.25) is 0 Å². The molecular weight excluding hydrogens is 326 g/mol. The van der Waals surface area contributed by atoms with Crippen LogP contribution in [0.1, 0.15) is 41.2 Å². The fourth-order valence-electron chi connectivity index (χ4n) is 2.77.